The third kappa shape index (κ3) is 4.39. The van der Waals surface area contributed by atoms with Gasteiger partial charge in [0.1, 0.15) is 5.82 Å². The summed E-state index contributed by atoms with van der Waals surface area (Å²) in [5.41, 5.74) is 0.750. The van der Waals surface area contributed by atoms with E-state index in [1.807, 2.05) is 26.0 Å². The van der Waals surface area contributed by atoms with Crippen LogP contribution in [0, 0.1) is 18.2 Å². The molecule has 3 rings (SSSR count). The van der Waals surface area contributed by atoms with Crippen molar-refractivity contribution in [1.29, 1.82) is 0 Å². The summed E-state index contributed by atoms with van der Waals surface area (Å²) in [5, 5.41) is 10.6. The van der Waals surface area contributed by atoms with Crippen molar-refractivity contribution in [3.05, 3.63) is 82.4 Å². The topological polar surface area (TPSA) is 74.8 Å². The van der Waals surface area contributed by atoms with Gasteiger partial charge in [0.15, 0.2) is 0 Å². The van der Waals surface area contributed by atoms with E-state index in [4.69, 9.17) is 0 Å². The Morgan fingerprint density at radius 2 is 1.93 bits per heavy atom. The van der Waals surface area contributed by atoms with E-state index in [0.29, 0.717) is 24.0 Å². The molecule has 3 aromatic rings. The van der Waals surface area contributed by atoms with Crippen LogP contribution in [0.1, 0.15) is 35.5 Å². The van der Waals surface area contributed by atoms with Gasteiger partial charge in [0, 0.05) is 18.4 Å². The summed E-state index contributed by atoms with van der Waals surface area (Å²) >= 11 is 0. The van der Waals surface area contributed by atoms with Gasteiger partial charge < -0.3 is 5.32 Å². The Morgan fingerprint density at radius 1 is 1.22 bits per heavy atom. The molecule has 27 heavy (non-hydrogen) atoms. The summed E-state index contributed by atoms with van der Waals surface area (Å²) in [6.07, 6.45) is 0.360. The standard InChI is InChI=1S/C21H21FN3O2/c1-21(2,3)12-23-19(26)16-10-13(8-9-17(16)22)11-18-14-6-4-5-7-15(14)20(27)25-24-18/h4-10H,1,11-12H2,2-3H3,(H,23,26)(H,25,27). The minimum Gasteiger partial charge on any atom is -0.351 e. The fourth-order valence-corrected chi connectivity index (χ4v) is 2.77. The van der Waals surface area contributed by atoms with Crippen LogP contribution in [0.5, 0.6) is 0 Å². The van der Waals surface area contributed by atoms with Crippen LogP contribution in [0.25, 0.3) is 10.8 Å². The van der Waals surface area contributed by atoms with Crippen molar-refractivity contribution in [1.82, 2.24) is 15.5 Å². The number of H-pyrrole nitrogens is 1. The quantitative estimate of drug-likeness (QED) is 0.728. The van der Waals surface area contributed by atoms with Crippen LogP contribution in [0.4, 0.5) is 4.39 Å². The molecule has 0 fully saturated rings. The number of nitrogens with one attached hydrogen (secondary N) is 2. The maximum Gasteiger partial charge on any atom is 0.272 e. The second-order valence-electron chi connectivity index (χ2n) is 7.38. The molecule has 0 saturated carbocycles. The number of fused-ring (bicyclic) bond motifs is 1. The molecule has 6 heteroatoms. The molecule has 5 nitrogen and oxygen atoms in total. The molecule has 0 aliphatic heterocycles. The van der Waals surface area contributed by atoms with Crippen molar-refractivity contribution in [2.75, 3.05) is 6.54 Å². The normalized spacial score (nSPS) is 11.6. The number of carbonyl (C=O) groups excluding carboxylic acids is 1. The highest BCUT2D eigenvalue weighted by molar-refractivity contribution is 5.94. The Hall–Kier alpha value is -3.02. The number of aromatic amines is 1. The molecule has 0 saturated heterocycles. The van der Waals surface area contributed by atoms with E-state index in [1.165, 1.54) is 12.1 Å². The van der Waals surface area contributed by atoms with Crippen LogP contribution in [-0.2, 0) is 6.42 Å². The van der Waals surface area contributed by atoms with Gasteiger partial charge in [-0.2, -0.15) is 5.10 Å². The average molecular weight is 366 g/mol. The molecule has 0 bridgehead atoms. The molecule has 1 heterocycles. The zero-order valence-electron chi connectivity index (χ0n) is 15.3. The number of carbonyl (C=O) groups is 1. The maximum absolute atomic E-state index is 14.1. The van der Waals surface area contributed by atoms with E-state index in [2.05, 4.69) is 22.4 Å². The largest absolute Gasteiger partial charge is 0.351 e. The summed E-state index contributed by atoms with van der Waals surface area (Å²) in [6.45, 7) is 8.02. The average Bonchev–Trinajstić information content (AvgIpc) is 2.63. The van der Waals surface area contributed by atoms with Crippen molar-refractivity contribution >= 4 is 16.7 Å². The fraction of sp³-hybridized carbons (Fsp3) is 0.238. The Morgan fingerprint density at radius 3 is 2.63 bits per heavy atom. The van der Waals surface area contributed by atoms with E-state index in [9.17, 15) is 14.0 Å². The van der Waals surface area contributed by atoms with Gasteiger partial charge in [-0.25, -0.2) is 9.49 Å². The third-order valence-electron chi connectivity index (χ3n) is 4.15. The number of hydrogen-bond acceptors (Lipinski definition) is 3. The van der Waals surface area contributed by atoms with Crippen LogP contribution < -0.4 is 10.9 Å². The zero-order valence-corrected chi connectivity index (χ0v) is 15.3. The molecule has 0 aliphatic carbocycles. The van der Waals surface area contributed by atoms with Gasteiger partial charge in [0.25, 0.3) is 11.5 Å². The second-order valence-corrected chi connectivity index (χ2v) is 7.38. The van der Waals surface area contributed by atoms with Crippen molar-refractivity contribution in [2.24, 2.45) is 5.41 Å². The minimum absolute atomic E-state index is 0.0227. The van der Waals surface area contributed by atoms with Gasteiger partial charge in [-0.3, -0.25) is 9.59 Å². The van der Waals surface area contributed by atoms with Crippen molar-refractivity contribution in [3.8, 4) is 0 Å². The first-order valence-electron chi connectivity index (χ1n) is 8.63. The first-order chi connectivity index (χ1) is 12.7. The molecule has 1 radical (unpaired) electrons. The number of rotatable bonds is 5. The Labute approximate surface area is 156 Å². The number of aromatic nitrogens is 2. The van der Waals surface area contributed by atoms with Crippen molar-refractivity contribution in [3.63, 3.8) is 0 Å². The zero-order chi connectivity index (χ0) is 19.6. The summed E-state index contributed by atoms with van der Waals surface area (Å²) in [4.78, 5) is 24.2. The number of hydrogen-bond donors (Lipinski definition) is 2. The van der Waals surface area contributed by atoms with Crippen LogP contribution in [0.2, 0.25) is 0 Å². The summed E-state index contributed by atoms with van der Waals surface area (Å²) in [5.74, 6) is -1.07. The lowest BCUT2D eigenvalue weighted by Crippen LogP contribution is -2.33. The summed E-state index contributed by atoms with van der Waals surface area (Å²) in [7, 11) is 0. The molecule has 0 aliphatic rings. The lowest BCUT2D eigenvalue weighted by molar-refractivity contribution is 0.0938. The molecule has 2 N–H and O–H groups in total. The molecular formula is C21H21FN3O2. The predicted molar refractivity (Wildman–Crippen MR) is 103 cm³/mol. The Balaban J connectivity index is 1.90. The number of amides is 1. The fourth-order valence-electron chi connectivity index (χ4n) is 2.77. The third-order valence-corrected chi connectivity index (χ3v) is 4.15. The molecule has 0 spiro atoms. The van der Waals surface area contributed by atoms with Crippen molar-refractivity contribution < 1.29 is 9.18 Å². The summed E-state index contributed by atoms with van der Waals surface area (Å²) in [6, 6.07) is 11.6. The lowest BCUT2D eigenvalue weighted by atomic mass is 9.96. The van der Waals surface area contributed by atoms with E-state index in [1.54, 1.807) is 18.2 Å². The Kier molecular flexibility index (Phi) is 5.08. The monoisotopic (exact) mass is 366 g/mol. The van der Waals surface area contributed by atoms with Gasteiger partial charge in [-0.15, -0.1) is 0 Å². The summed E-state index contributed by atoms with van der Waals surface area (Å²) < 4.78 is 14.1. The smallest absolute Gasteiger partial charge is 0.272 e. The van der Waals surface area contributed by atoms with E-state index >= 15 is 0 Å². The molecule has 1 amide bonds. The van der Waals surface area contributed by atoms with E-state index < -0.39 is 11.7 Å². The number of benzene rings is 2. The van der Waals surface area contributed by atoms with Gasteiger partial charge in [0.05, 0.1) is 16.6 Å². The molecule has 1 aromatic heterocycles. The SMILES string of the molecule is [CH2]C(C)(C)CNC(=O)c1cc(Cc2n[nH]c(=O)c3ccccc23)ccc1F. The molecule has 0 atom stereocenters. The van der Waals surface area contributed by atoms with Gasteiger partial charge in [-0.1, -0.05) is 38.1 Å². The van der Waals surface area contributed by atoms with Crippen LogP contribution in [0.15, 0.2) is 47.3 Å². The highest BCUT2D eigenvalue weighted by Crippen LogP contribution is 2.19. The maximum atomic E-state index is 14.1. The minimum atomic E-state index is -0.586. The highest BCUT2D eigenvalue weighted by Gasteiger charge is 2.17. The second kappa shape index (κ2) is 7.31. The molecular weight excluding hydrogens is 345 g/mol. The van der Waals surface area contributed by atoms with Gasteiger partial charge in [-0.05, 0) is 36.1 Å². The lowest BCUT2D eigenvalue weighted by Gasteiger charge is -2.18. The van der Waals surface area contributed by atoms with E-state index in [-0.39, 0.29) is 16.5 Å². The predicted octanol–water partition coefficient (Wildman–Crippen LogP) is 3.24. The van der Waals surface area contributed by atoms with Crippen LogP contribution >= 0.6 is 0 Å². The van der Waals surface area contributed by atoms with Crippen LogP contribution in [-0.4, -0.2) is 22.6 Å². The van der Waals surface area contributed by atoms with Crippen molar-refractivity contribution in [2.45, 2.75) is 20.3 Å². The van der Waals surface area contributed by atoms with Gasteiger partial charge >= 0.3 is 0 Å². The van der Waals surface area contributed by atoms with E-state index in [0.717, 1.165) is 10.9 Å². The van der Waals surface area contributed by atoms with Gasteiger partial charge in [0.2, 0.25) is 0 Å². The Bertz CT molecular complexity index is 1050. The molecule has 139 valence electrons. The first kappa shape index (κ1) is 18.8. The highest BCUT2D eigenvalue weighted by atomic mass is 19.1. The number of halogens is 1. The number of nitrogens with zero attached hydrogens (tertiary/aromatic N) is 1. The molecule has 0 unspecified atom stereocenters. The molecule has 2 aromatic carbocycles. The van der Waals surface area contributed by atoms with Crippen LogP contribution in [0.3, 0.4) is 0 Å². The first-order valence-corrected chi connectivity index (χ1v) is 8.63.